The van der Waals surface area contributed by atoms with Crippen LogP contribution < -0.4 is 0 Å². The first-order chi connectivity index (χ1) is 9.88. The maximum absolute atomic E-state index is 4.63. The van der Waals surface area contributed by atoms with E-state index in [9.17, 15) is 0 Å². The van der Waals surface area contributed by atoms with Crippen LogP contribution in [0.4, 0.5) is 0 Å². The molecule has 98 valence electrons. The van der Waals surface area contributed by atoms with Crippen molar-refractivity contribution >= 4 is 0 Å². The van der Waals surface area contributed by atoms with Gasteiger partial charge in [0, 0.05) is 17.3 Å². The van der Waals surface area contributed by atoms with Crippen LogP contribution in [-0.4, -0.2) is 4.98 Å². The molecule has 0 amide bonds. The van der Waals surface area contributed by atoms with Gasteiger partial charge in [-0.2, -0.15) is 0 Å². The van der Waals surface area contributed by atoms with E-state index in [4.69, 9.17) is 0 Å². The lowest BCUT2D eigenvalue weighted by atomic mass is 10.0. The maximum atomic E-state index is 4.63. The molecule has 0 unspecified atom stereocenters. The molecule has 0 atom stereocenters. The quantitative estimate of drug-likeness (QED) is 0.646. The number of hydrogen-bond acceptors (Lipinski definition) is 1. The Morgan fingerprint density at radius 1 is 0.750 bits per heavy atom. The van der Waals surface area contributed by atoms with Gasteiger partial charge in [-0.1, -0.05) is 67.6 Å². The lowest BCUT2D eigenvalue weighted by Crippen LogP contribution is -1.90. The van der Waals surface area contributed by atoms with Crippen molar-refractivity contribution in [1.82, 2.24) is 4.98 Å². The molecule has 3 rings (SSSR count). The molecule has 0 aliphatic heterocycles. The van der Waals surface area contributed by atoms with Gasteiger partial charge in [0.25, 0.3) is 0 Å². The molecule has 0 N–H and O–H groups in total. The lowest BCUT2D eigenvalue weighted by molar-refractivity contribution is 1.13. The average Bonchev–Trinajstić information content (AvgIpc) is 2.56. The van der Waals surface area contributed by atoms with Crippen molar-refractivity contribution in [3.05, 3.63) is 78.5 Å². The molecule has 0 fully saturated rings. The first-order valence-electron chi connectivity index (χ1n) is 6.98. The molecule has 1 aromatic heterocycles. The molecule has 0 saturated carbocycles. The smallest absolute Gasteiger partial charge is 0.0705 e. The summed E-state index contributed by atoms with van der Waals surface area (Å²) in [5.74, 6) is 0. The predicted molar refractivity (Wildman–Crippen MR) is 84.5 cm³/mol. The van der Waals surface area contributed by atoms with E-state index in [-0.39, 0.29) is 0 Å². The first kappa shape index (κ1) is 12.6. The van der Waals surface area contributed by atoms with Gasteiger partial charge in [0.15, 0.2) is 0 Å². The summed E-state index contributed by atoms with van der Waals surface area (Å²) in [6, 6.07) is 23.1. The number of aromatic nitrogens is 1. The van der Waals surface area contributed by atoms with Gasteiger partial charge in [-0.15, -0.1) is 0 Å². The number of nitrogens with zero attached hydrogens (tertiary/aromatic N) is 1. The van der Waals surface area contributed by atoms with Crippen LogP contribution in [0.5, 0.6) is 0 Å². The highest BCUT2D eigenvalue weighted by Gasteiger charge is 2.04. The van der Waals surface area contributed by atoms with Gasteiger partial charge in [0.05, 0.1) is 5.69 Å². The largest absolute Gasteiger partial charge is 0.256 e. The number of pyridine rings is 1. The molecule has 1 heterocycles. The zero-order valence-electron chi connectivity index (χ0n) is 11.6. The fourth-order valence-electron chi connectivity index (χ4n) is 2.43. The molecule has 2 aromatic carbocycles. The van der Waals surface area contributed by atoms with Crippen molar-refractivity contribution < 1.29 is 0 Å². The van der Waals surface area contributed by atoms with Crippen molar-refractivity contribution in [2.45, 2.75) is 13.3 Å². The summed E-state index contributed by atoms with van der Waals surface area (Å²) >= 11 is 0. The Balaban J connectivity index is 1.98. The van der Waals surface area contributed by atoms with E-state index < -0.39 is 0 Å². The van der Waals surface area contributed by atoms with E-state index in [2.05, 4.69) is 72.6 Å². The Bertz CT molecular complexity index is 684. The summed E-state index contributed by atoms with van der Waals surface area (Å²) < 4.78 is 0. The molecular weight excluding hydrogens is 242 g/mol. The SMILES string of the molecule is CCc1ccccc1-c1ccc(-c2ccccc2)cn1. The second-order valence-corrected chi connectivity index (χ2v) is 4.81. The molecular formula is C19H17N. The van der Waals surface area contributed by atoms with Gasteiger partial charge in [-0.25, -0.2) is 0 Å². The number of benzene rings is 2. The lowest BCUT2D eigenvalue weighted by Gasteiger charge is -2.08. The molecule has 20 heavy (non-hydrogen) atoms. The van der Waals surface area contributed by atoms with Gasteiger partial charge in [0.2, 0.25) is 0 Å². The minimum Gasteiger partial charge on any atom is -0.256 e. The Hall–Kier alpha value is -2.41. The van der Waals surface area contributed by atoms with E-state index in [1.807, 2.05) is 12.3 Å². The van der Waals surface area contributed by atoms with Gasteiger partial charge < -0.3 is 0 Å². The van der Waals surface area contributed by atoms with Crippen LogP contribution in [0, 0.1) is 0 Å². The Morgan fingerprint density at radius 2 is 1.50 bits per heavy atom. The zero-order valence-corrected chi connectivity index (χ0v) is 11.6. The second-order valence-electron chi connectivity index (χ2n) is 4.81. The molecule has 0 aliphatic carbocycles. The highest BCUT2D eigenvalue weighted by atomic mass is 14.7. The van der Waals surface area contributed by atoms with Crippen LogP contribution in [0.25, 0.3) is 22.4 Å². The van der Waals surface area contributed by atoms with Gasteiger partial charge in [0.1, 0.15) is 0 Å². The van der Waals surface area contributed by atoms with Crippen LogP contribution in [0.1, 0.15) is 12.5 Å². The van der Waals surface area contributed by atoms with Gasteiger partial charge in [-0.05, 0) is 23.6 Å². The normalized spacial score (nSPS) is 10.4. The van der Waals surface area contributed by atoms with Crippen molar-refractivity contribution in [2.24, 2.45) is 0 Å². The number of rotatable bonds is 3. The van der Waals surface area contributed by atoms with E-state index >= 15 is 0 Å². The first-order valence-corrected chi connectivity index (χ1v) is 6.98. The number of hydrogen-bond donors (Lipinski definition) is 0. The summed E-state index contributed by atoms with van der Waals surface area (Å²) in [7, 11) is 0. The minimum absolute atomic E-state index is 1.03. The molecule has 0 aliphatic rings. The monoisotopic (exact) mass is 259 g/mol. The standard InChI is InChI=1S/C19H17N/c1-2-15-8-6-7-11-18(15)19-13-12-17(14-20-19)16-9-4-3-5-10-16/h3-14H,2H2,1H3. The molecule has 0 radical (unpaired) electrons. The molecule has 0 bridgehead atoms. The summed E-state index contributed by atoms with van der Waals surface area (Å²) in [6.45, 7) is 2.18. The summed E-state index contributed by atoms with van der Waals surface area (Å²) in [5, 5.41) is 0. The topological polar surface area (TPSA) is 12.9 Å². The fraction of sp³-hybridized carbons (Fsp3) is 0.105. The third kappa shape index (κ3) is 2.48. The molecule has 0 spiro atoms. The van der Waals surface area contributed by atoms with Crippen molar-refractivity contribution in [2.75, 3.05) is 0 Å². The molecule has 3 aromatic rings. The van der Waals surface area contributed by atoms with Gasteiger partial charge >= 0.3 is 0 Å². The Kier molecular flexibility index (Phi) is 3.60. The highest BCUT2D eigenvalue weighted by Crippen LogP contribution is 2.25. The van der Waals surface area contributed by atoms with Crippen LogP contribution in [0.3, 0.4) is 0 Å². The summed E-state index contributed by atoms with van der Waals surface area (Å²) in [6.07, 6.45) is 2.98. The van der Waals surface area contributed by atoms with E-state index in [0.29, 0.717) is 0 Å². The minimum atomic E-state index is 1.03. The second kappa shape index (κ2) is 5.70. The predicted octanol–water partition coefficient (Wildman–Crippen LogP) is 4.98. The Labute approximate surface area is 119 Å². The third-order valence-electron chi connectivity index (χ3n) is 3.54. The van der Waals surface area contributed by atoms with E-state index in [1.54, 1.807) is 0 Å². The number of aryl methyl sites for hydroxylation is 1. The van der Waals surface area contributed by atoms with E-state index in [1.165, 1.54) is 16.7 Å². The molecule has 1 nitrogen and oxygen atoms in total. The molecule has 1 heteroatoms. The van der Waals surface area contributed by atoms with Crippen molar-refractivity contribution in [3.63, 3.8) is 0 Å². The van der Waals surface area contributed by atoms with Crippen LogP contribution in [0.15, 0.2) is 72.9 Å². The van der Waals surface area contributed by atoms with Crippen molar-refractivity contribution in [1.29, 1.82) is 0 Å². The van der Waals surface area contributed by atoms with Crippen LogP contribution >= 0.6 is 0 Å². The van der Waals surface area contributed by atoms with E-state index in [0.717, 1.165) is 17.7 Å². The average molecular weight is 259 g/mol. The summed E-state index contributed by atoms with van der Waals surface area (Å²) in [5.41, 5.74) is 5.97. The van der Waals surface area contributed by atoms with Gasteiger partial charge in [-0.3, -0.25) is 4.98 Å². The third-order valence-corrected chi connectivity index (χ3v) is 3.54. The van der Waals surface area contributed by atoms with Crippen LogP contribution in [-0.2, 0) is 6.42 Å². The highest BCUT2D eigenvalue weighted by molar-refractivity contribution is 5.68. The van der Waals surface area contributed by atoms with Crippen LogP contribution in [0.2, 0.25) is 0 Å². The maximum Gasteiger partial charge on any atom is 0.0705 e. The zero-order chi connectivity index (χ0) is 13.8. The van der Waals surface area contributed by atoms with Crippen molar-refractivity contribution in [3.8, 4) is 22.4 Å². The summed E-state index contributed by atoms with van der Waals surface area (Å²) in [4.78, 5) is 4.63. The molecule has 0 saturated heterocycles. The Morgan fingerprint density at radius 3 is 2.20 bits per heavy atom. The fourth-order valence-corrected chi connectivity index (χ4v) is 2.43.